The second-order valence-corrected chi connectivity index (χ2v) is 9.09. The molecule has 2 aromatic carbocycles. The van der Waals surface area contributed by atoms with Crippen LogP contribution >= 0.6 is 11.8 Å². The first-order chi connectivity index (χ1) is 13.7. The van der Waals surface area contributed by atoms with E-state index in [1.807, 2.05) is 31.2 Å². The summed E-state index contributed by atoms with van der Waals surface area (Å²) in [4.78, 5) is 24.6. The van der Waals surface area contributed by atoms with Crippen LogP contribution in [0.25, 0.3) is 0 Å². The van der Waals surface area contributed by atoms with Gasteiger partial charge in [0.05, 0.1) is 11.3 Å². The maximum absolute atomic E-state index is 11.8. The highest BCUT2D eigenvalue weighted by Gasteiger charge is 2.09. The van der Waals surface area contributed by atoms with E-state index in [-0.39, 0.29) is 23.8 Å². The monoisotopic (exact) mass is 436 g/mol. The van der Waals surface area contributed by atoms with Gasteiger partial charge in [0.2, 0.25) is 10.0 Å². The minimum absolute atomic E-state index is 0.0396. The number of hydrogen-bond donors (Lipinski definition) is 2. The Labute approximate surface area is 175 Å². The molecule has 0 aliphatic rings. The number of sulfonamides is 1. The number of carbonyl (C=O) groups excluding carboxylic acids is 2. The molecule has 156 valence electrons. The van der Waals surface area contributed by atoms with E-state index < -0.39 is 16.0 Å². The maximum atomic E-state index is 11.8. The number of thioether (sulfide) groups is 1. The van der Waals surface area contributed by atoms with Crippen LogP contribution in [-0.2, 0) is 30.8 Å². The van der Waals surface area contributed by atoms with Gasteiger partial charge >= 0.3 is 5.97 Å². The summed E-state index contributed by atoms with van der Waals surface area (Å²) in [5.74, 6) is -0.220. The average Bonchev–Trinajstić information content (AvgIpc) is 2.68. The molecule has 0 aliphatic carbocycles. The van der Waals surface area contributed by atoms with Crippen molar-refractivity contribution in [2.24, 2.45) is 5.14 Å². The molecule has 0 atom stereocenters. The molecule has 0 unspecified atom stereocenters. The highest BCUT2D eigenvalue weighted by Crippen LogP contribution is 2.19. The van der Waals surface area contributed by atoms with Gasteiger partial charge in [-0.1, -0.05) is 29.8 Å². The molecular formula is C20H24N2O5S2. The summed E-state index contributed by atoms with van der Waals surface area (Å²) in [6.07, 6.45) is 0.736. The third kappa shape index (κ3) is 8.68. The summed E-state index contributed by atoms with van der Waals surface area (Å²) in [6, 6.07) is 14.1. The predicted octanol–water partition coefficient (Wildman–Crippen LogP) is 2.03. The van der Waals surface area contributed by atoms with Gasteiger partial charge < -0.3 is 10.1 Å². The molecule has 0 spiro atoms. The first-order valence-corrected chi connectivity index (χ1v) is 11.5. The van der Waals surface area contributed by atoms with Crippen LogP contribution in [0.1, 0.15) is 17.5 Å². The smallest absolute Gasteiger partial charge is 0.307 e. The molecule has 0 radical (unpaired) electrons. The standard InChI is InChI=1S/C20H24N2O5S2/c1-15-2-6-17(7-3-15)28-13-11-20(24)27-14-19(23)22-12-10-16-4-8-18(9-5-16)29(21,25)26/h2-9H,10-14H2,1H3,(H,22,23)(H2,21,25,26). The Hall–Kier alpha value is -2.36. The van der Waals surface area contributed by atoms with E-state index in [1.165, 1.54) is 17.7 Å². The van der Waals surface area contributed by atoms with Crippen LogP contribution in [0.4, 0.5) is 0 Å². The molecule has 9 heteroatoms. The van der Waals surface area contributed by atoms with E-state index in [0.29, 0.717) is 18.7 Å². The van der Waals surface area contributed by atoms with Gasteiger partial charge in [-0.2, -0.15) is 0 Å². The zero-order chi connectivity index (χ0) is 21.3. The van der Waals surface area contributed by atoms with Crippen molar-refractivity contribution >= 4 is 33.7 Å². The quantitative estimate of drug-likeness (QED) is 0.435. The van der Waals surface area contributed by atoms with Crippen molar-refractivity contribution in [3.8, 4) is 0 Å². The van der Waals surface area contributed by atoms with Crippen molar-refractivity contribution in [3.05, 3.63) is 59.7 Å². The van der Waals surface area contributed by atoms with Crippen LogP contribution < -0.4 is 10.5 Å². The third-order valence-electron chi connectivity index (χ3n) is 3.95. The van der Waals surface area contributed by atoms with Crippen molar-refractivity contribution in [3.63, 3.8) is 0 Å². The lowest BCUT2D eigenvalue weighted by atomic mass is 10.1. The number of rotatable bonds is 10. The third-order valence-corrected chi connectivity index (χ3v) is 5.89. The molecule has 2 aromatic rings. The number of carbonyl (C=O) groups is 2. The zero-order valence-electron chi connectivity index (χ0n) is 16.1. The van der Waals surface area contributed by atoms with E-state index in [9.17, 15) is 18.0 Å². The Kier molecular flexibility index (Phi) is 8.69. The summed E-state index contributed by atoms with van der Waals surface area (Å²) in [5.41, 5.74) is 2.03. The topological polar surface area (TPSA) is 116 Å². The fourth-order valence-corrected chi connectivity index (χ4v) is 3.70. The minimum atomic E-state index is -3.71. The van der Waals surface area contributed by atoms with Crippen LogP contribution in [-0.4, -0.2) is 39.2 Å². The second kappa shape index (κ2) is 11.0. The second-order valence-electron chi connectivity index (χ2n) is 6.36. The highest BCUT2D eigenvalue weighted by atomic mass is 32.2. The summed E-state index contributed by atoms with van der Waals surface area (Å²) >= 11 is 1.56. The minimum Gasteiger partial charge on any atom is -0.456 e. The summed E-state index contributed by atoms with van der Waals surface area (Å²) in [7, 11) is -3.71. The highest BCUT2D eigenvalue weighted by molar-refractivity contribution is 7.99. The van der Waals surface area contributed by atoms with Gasteiger partial charge in [-0.3, -0.25) is 9.59 Å². The van der Waals surface area contributed by atoms with Crippen molar-refractivity contribution in [2.75, 3.05) is 18.9 Å². The van der Waals surface area contributed by atoms with Crippen molar-refractivity contribution in [2.45, 2.75) is 29.6 Å². The van der Waals surface area contributed by atoms with E-state index in [4.69, 9.17) is 9.88 Å². The molecule has 0 bridgehead atoms. The molecule has 1 amide bonds. The number of amides is 1. The number of ether oxygens (including phenoxy) is 1. The average molecular weight is 437 g/mol. The lowest BCUT2D eigenvalue weighted by molar-refractivity contribution is -0.148. The van der Waals surface area contributed by atoms with Crippen LogP contribution in [0.2, 0.25) is 0 Å². The fourth-order valence-electron chi connectivity index (χ4n) is 2.35. The van der Waals surface area contributed by atoms with Crippen molar-refractivity contribution < 1.29 is 22.7 Å². The number of aryl methyl sites for hydroxylation is 1. The first-order valence-electron chi connectivity index (χ1n) is 8.97. The number of benzene rings is 2. The molecule has 3 N–H and O–H groups in total. The van der Waals surface area contributed by atoms with Gasteiger partial charge in [0.1, 0.15) is 0 Å². The lowest BCUT2D eigenvalue weighted by Crippen LogP contribution is -2.30. The number of primary sulfonamides is 1. The number of esters is 1. The van der Waals surface area contributed by atoms with Crippen molar-refractivity contribution in [1.82, 2.24) is 5.32 Å². The fraction of sp³-hybridized carbons (Fsp3) is 0.300. The van der Waals surface area contributed by atoms with E-state index >= 15 is 0 Å². The Morgan fingerprint density at radius 3 is 2.34 bits per heavy atom. The van der Waals surface area contributed by atoms with Gasteiger partial charge in [0.25, 0.3) is 5.91 Å². The van der Waals surface area contributed by atoms with Crippen molar-refractivity contribution in [1.29, 1.82) is 0 Å². The number of nitrogens with one attached hydrogen (secondary N) is 1. The van der Waals surface area contributed by atoms with Crippen LogP contribution in [0.15, 0.2) is 58.3 Å². The SMILES string of the molecule is Cc1ccc(SCCC(=O)OCC(=O)NCCc2ccc(S(N)(=O)=O)cc2)cc1. The zero-order valence-corrected chi connectivity index (χ0v) is 17.7. The summed E-state index contributed by atoms with van der Waals surface area (Å²) in [6.45, 7) is 2.04. The Bertz CT molecular complexity index is 926. The Morgan fingerprint density at radius 1 is 1.07 bits per heavy atom. The normalized spacial score (nSPS) is 11.1. The molecular weight excluding hydrogens is 412 g/mol. The summed E-state index contributed by atoms with van der Waals surface area (Å²) < 4.78 is 27.4. The number of hydrogen-bond acceptors (Lipinski definition) is 6. The van der Waals surface area contributed by atoms with Gasteiger partial charge in [0.15, 0.2) is 6.61 Å². The summed E-state index contributed by atoms with van der Waals surface area (Å²) in [5, 5.41) is 7.70. The van der Waals surface area contributed by atoms with E-state index in [0.717, 1.165) is 10.5 Å². The van der Waals surface area contributed by atoms with Crippen LogP contribution in [0.3, 0.4) is 0 Å². The number of nitrogens with two attached hydrogens (primary N) is 1. The Balaban J connectivity index is 1.60. The molecule has 7 nitrogen and oxygen atoms in total. The van der Waals surface area contributed by atoms with Gasteiger partial charge in [-0.05, 0) is 43.2 Å². The van der Waals surface area contributed by atoms with Gasteiger partial charge in [-0.25, -0.2) is 13.6 Å². The molecule has 0 fully saturated rings. The molecule has 0 saturated heterocycles. The molecule has 0 aliphatic heterocycles. The largest absolute Gasteiger partial charge is 0.456 e. The molecule has 0 saturated carbocycles. The van der Waals surface area contributed by atoms with Crippen LogP contribution in [0, 0.1) is 6.92 Å². The molecule has 2 rings (SSSR count). The van der Waals surface area contributed by atoms with E-state index in [1.54, 1.807) is 23.9 Å². The maximum Gasteiger partial charge on any atom is 0.307 e. The lowest BCUT2D eigenvalue weighted by Gasteiger charge is -2.07. The van der Waals surface area contributed by atoms with Gasteiger partial charge in [0, 0.05) is 17.2 Å². The molecule has 29 heavy (non-hydrogen) atoms. The van der Waals surface area contributed by atoms with Crippen LogP contribution in [0.5, 0.6) is 0 Å². The predicted molar refractivity (Wildman–Crippen MR) is 112 cm³/mol. The molecule has 0 aromatic heterocycles. The van der Waals surface area contributed by atoms with Gasteiger partial charge in [-0.15, -0.1) is 11.8 Å². The van der Waals surface area contributed by atoms with E-state index in [2.05, 4.69) is 5.32 Å². The Morgan fingerprint density at radius 2 is 1.72 bits per heavy atom. The molecule has 0 heterocycles. The first kappa shape index (κ1) is 22.9.